The number of aromatic nitrogens is 1. The highest BCUT2D eigenvalue weighted by molar-refractivity contribution is 5.90. The number of methoxy groups -OCH3 is 1. The van der Waals surface area contributed by atoms with Gasteiger partial charge in [0, 0.05) is 6.20 Å². The summed E-state index contributed by atoms with van der Waals surface area (Å²) in [6.45, 7) is 6.08. The number of pyridine rings is 1. The minimum absolute atomic E-state index is 0.0887. The van der Waals surface area contributed by atoms with Gasteiger partial charge < -0.3 is 10.1 Å². The summed E-state index contributed by atoms with van der Waals surface area (Å²) >= 11 is 0. The fourth-order valence-corrected chi connectivity index (χ4v) is 2.53. The average Bonchev–Trinajstić information content (AvgIpc) is 3.25. The largest absolute Gasteiger partial charge is 0.469 e. The third kappa shape index (κ3) is 3.40. The molecule has 0 bridgehead atoms. The molecule has 5 heteroatoms. The van der Waals surface area contributed by atoms with Gasteiger partial charge >= 0.3 is 5.97 Å². The molecule has 1 heterocycles. The van der Waals surface area contributed by atoms with Crippen LogP contribution in [0.5, 0.6) is 0 Å². The van der Waals surface area contributed by atoms with E-state index in [1.54, 1.807) is 6.20 Å². The van der Waals surface area contributed by atoms with Crippen LogP contribution >= 0.6 is 0 Å². The summed E-state index contributed by atoms with van der Waals surface area (Å²) in [5.41, 5.74) is 1.94. The summed E-state index contributed by atoms with van der Waals surface area (Å²) in [5.74, 6) is -0.715. The van der Waals surface area contributed by atoms with Crippen molar-refractivity contribution in [2.75, 3.05) is 7.11 Å². The molecule has 0 aromatic carbocycles. The number of hydrogen-bond acceptors (Lipinski definition) is 4. The summed E-state index contributed by atoms with van der Waals surface area (Å²) in [7, 11) is 1.35. The maximum absolute atomic E-state index is 12.3. The average molecular weight is 290 g/mol. The number of amides is 1. The Bertz CT molecular complexity index is 542. The third-order valence-electron chi connectivity index (χ3n) is 3.94. The Hall–Kier alpha value is -1.91. The van der Waals surface area contributed by atoms with E-state index in [0.29, 0.717) is 6.42 Å². The Balaban J connectivity index is 2.07. The lowest BCUT2D eigenvalue weighted by molar-refractivity contribution is -0.143. The highest BCUT2D eigenvalue weighted by atomic mass is 16.5. The molecule has 1 aromatic rings. The Morgan fingerprint density at radius 2 is 2.10 bits per heavy atom. The second kappa shape index (κ2) is 6.24. The third-order valence-corrected chi connectivity index (χ3v) is 3.94. The molecule has 114 valence electrons. The van der Waals surface area contributed by atoms with Gasteiger partial charge in [-0.2, -0.15) is 0 Å². The molecule has 0 unspecified atom stereocenters. The number of carbonyl (C=O) groups is 2. The van der Waals surface area contributed by atoms with Crippen LogP contribution in [0.2, 0.25) is 0 Å². The summed E-state index contributed by atoms with van der Waals surface area (Å²) in [6.07, 6.45) is 2.31. The highest BCUT2D eigenvalue weighted by Gasteiger charge is 2.49. The zero-order valence-electron chi connectivity index (χ0n) is 12.9. The molecule has 0 saturated heterocycles. The summed E-state index contributed by atoms with van der Waals surface area (Å²) < 4.78 is 4.68. The van der Waals surface area contributed by atoms with Crippen LogP contribution in [0, 0.1) is 24.7 Å². The molecule has 5 nitrogen and oxygen atoms in total. The van der Waals surface area contributed by atoms with E-state index in [4.69, 9.17) is 0 Å². The lowest BCUT2D eigenvalue weighted by Crippen LogP contribution is -2.34. The van der Waals surface area contributed by atoms with Gasteiger partial charge in [-0.15, -0.1) is 0 Å². The number of hydrogen-bond donors (Lipinski definition) is 1. The van der Waals surface area contributed by atoms with Gasteiger partial charge in [0.2, 0.25) is 5.91 Å². The molecule has 1 amide bonds. The maximum atomic E-state index is 12.3. The van der Waals surface area contributed by atoms with E-state index in [9.17, 15) is 9.59 Å². The molecule has 0 radical (unpaired) electrons. The van der Waals surface area contributed by atoms with Crippen molar-refractivity contribution in [2.24, 2.45) is 17.8 Å². The van der Waals surface area contributed by atoms with Crippen LogP contribution in [0.15, 0.2) is 18.3 Å². The number of aryl methyl sites for hydroxylation is 1. The van der Waals surface area contributed by atoms with E-state index in [1.165, 1.54) is 7.11 Å². The van der Waals surface area contributed by atoms with Crippen molar-refractivity contribution < 1.29 is 14.3 Å². The van der Waals surface area contributed by atoms with Gasteiger partial charge in [0.15, 0.2) is 0 Å². The number of nitrogens with zero attached hydrogens (tertiary/aromatic N) is 1. The van der Waals surface area contributed by atoms with Crippen LogP contribution in [-0.4, -0.2) is 24.0 Å². The molecule has 1 saturated carbocycles. The van der Waals surface area contributed by atoms with Crippen molar-refractivity contribution in [1.82, 2.24) is 10.3 Å². The van der Waals surface area contributed by atoms with E-state index in [2.05, 4.69) is 15.0 Å². The van der Waals surface area contributed by atoms with E-state index >= 15 is 0 Å². The van der Waals surface area contributed by atoms with Gasteiger partial charge in [-0.1, -0.05) is 19.9 Å². The molecule has 1 fully saturated rings. The van der Waals surface area contributed by atoms with Gasteiger partial charge in [0.05, 0.1) is 30.7 Å². The fraction of sp³-hybridized carbons (Fsp3) is 0.562. The lowest BCUT2D eigenvalue weighted by Gasteiger charge is -2.23. The van der Waals surface area contributed by atoms with Crippen molar-refractivity contribution in [2.45, 2.75) is 33.2 Å². The van der Waals surface area contributed by atoms with Gasteiger partial charge in [-0.3, -0.25) is 14.6 Å². The molecule has 1 aliphatic rings. The van der Waals surface area contributed by atoms with Crippen molar-refractivity contribution in [1.29, 1.82) is 0 Å². The molecular formula is C16H22N2O3. The highest BCUT2D eigenvalue weighted by Crippen LogP contribution is 2.40. The Labute approximate surface area is 125 Å². The number of nitrogens with one attached hydrogen (secondary N) is 1. The van der Waals surface area contributed by atoms with E-state index in [1.807, 2.05) is 32.9 Å². The SMILES string of the molecule is COC(=O)[C@@H]1C[C@@H]1C(=O)N[C@H](c1ncccc1C)C(C)C. The topological polar surface area (TPSA) is 68.3 Å². The summed E-state index contributed by atoms with van der Waals surface area (Å²) in [5, 5.41) is 3.04. The smallest absolute Gasteiger partial charge is 0.309 e. The Kier molecular flexibility index (Phi) is 4.60. The molecule has 1 aliphatic carbocycles. The second-order valence-electron chi connectivity index (χ2n) is 5.91. The minimum atomic E-state index is -0.301. The number of esters is 1. The Morgan fingerprint density at radius 1 is 1.38 bits per heavy atom. The molecular weight excluding hydrogens is 268 g/mol. The standard InChI is InChI=1S/C16H22N2O3/c1-9(2)13(14-10(3)6-5-7-17-14)18-15(19)11-8-12(11)16(20)21-4/h5-7,9,11-13H,8H2,1-4H3,(H,18,19)/t11-,12+,13-/m0/s1. The number of ether oxygens (including phenoxy) is 1. The van der Waals surface area contributed by atoms with Gasteiger partial charge in [0.1, 0.15) is 0 Å². The fourth-order valence-electron chi connectivity index (χ4n) is 2.53. The predicted octanol–water partition coefficient (Wildman–Crippen LogP) is 2.01. The number of rotatable bonds is 5. The normalized spacial score (nSPS) is 21.8. The molecule has 1 N–H and O–H groups in total. The van der Waals surface area contributed by atoms with Crippen LogP contribution < -0.4 is 5.32 Å². The quantitative estimate of drug-likeness (QED) is 0.842. The lowest BCUT2D eigenvalue weighted by atomic mass is 9.97. The van der Waals surface area contributed by atoms with Crippen LogP contribution in [0.3, 0.4) is 0 Å². The molecule has 2 rings (SSSR count). The molecule has 1 aromatic heterocycles. The zero-order valence-corrected chi connectivity index (χ0v) is 12.9. The van der Waals surface area contributed by atoms with E-state index < -0.39 is 0 Å². The first-order valence-electron chi connectivity index (χ1n) is 7.25. The predicted molar refractivity (Wildman–Crippen MR) is 78.3 cm³/mol. The summed E-state index contributed by atoms with van der Waals surface area (Å²) in [4.78, 5) is 28.1. The van der Waals surface area contributed by atoms with Gasteiger partial charge in [0.25, 0.3) is 0 Å². The molecule has 21 heavy (non-hydrogen) atoms. The van der Waals surface area contributed by atoms with Crippen LogP contribution in [0.25, 0.3) is 0 Å². The van der Waals surface area contributed by atoms with Crippen LogP contribution in [0.4, 0.5) is 0 Å². The van der Waals surface area contributed by atoms with Crippen molar-refractivity contribution in [3.8, 4) is 0 Å². The monoisotopic (exact) mass is 290 g/mol. The van der Waals surface area contributed by atoms with Crippen LogP contribution in [-0.2, 0) is 14.3 Å². The van der Waals surface area contributed by atoms with Crippen LogP contribution in [0.1, 0.15) is 37.6 Å². The first-order chi connectivity index (χ1) is 9.95. The molecule has 0 aliphatic heterocycles. The minimum Gasteiger partial charge on any atom is -0.469 e. The first-order valence-corrected chi connectivity index (χ1v) is 7.25. The van der Waals surface area contributed by atoms with E-state index in [0.717, 1.165) is 11.3 Å². The van der Waals surface area contributed by atoms with Crippen molar-refractivity contribution in [3.63, 3.8) is 0 Å². The Morgan fingerprint density at radius 3 is 2.67 bits per heavy atom. The maximum Gasteiger partial charge on any atom is 0.309 e. The molecule has 3 atom stereocenters. The number of carbonyl (C=O) groups excluding carboxylic acids is 2. The van der Waals surface area contributed by atoms with Gasteiger partial charge in [-0.05, 0) is 30.9 Å². The van der Waals surface area contributed by atoms with Crippen molar-refractivity contribution >= 4 is 11.9 Å². The summed E-state index contributed by atoms with van der Waals surface area (Å²) in [6, 6.07) is 3.72. The van der Waals surface area contributed by atoms with Gasteiger partial charge in [-0.25, -0.2) is 0 Å². The van der Waals surface area contributed by atoms with E-state index in [-0.39, 0.29) is 35.7 Å². The second-order valence-corrected chi connectivity index (χ2v) is 5.91. The first kappa shape index (κ1) is 15.5. The zero-order chi connectivity index (χ0) is 15.6. The van der Waals surface area contributed by atoms with Crippen molar-refractivity contribution in [3.05, 3.63) is 29.6 Å². The molecule has 0 spiro atoms.